The van der Waals surface area contributed by atoms with Crippen LogP contribution in [0.3, 0.4) is 0 Å². The molecule has 6 heteroatoms. The lowest BCUT2D eigenvalue weighted by Crippen LogP contribution is -2.37. The second-order valence-corrected chi connectivity index (χ2v) is 12.0. The summed E-state index contributed by atoms with van der Waals surface area (Å²) in [5.74, 6) is 1.29. The number of carbonyl (C=O) groups is 1. The zero-order valence-corrected chi connectivity index (χ0v) is 25.1. The predicted octanol–water partition coefficient (Wildman–Crippen LogP) is 8.29. The van der Waals surface area contributed by atoms with Gasteiger partial charge in [0.15, 0.2) is 0 Å². The highest BCUT2D eigenvalue weighted by molar-refractivity contribution is 8.26. The van der Waals surface area contributed by atoms with Crippen molar-refractivity contribution < 1.29 is 14.3 Å². The average molecular weight is 580 g/mol. The number of amides is 1. The van der Waals surface area contributed by atoms with Crippen molar-refractivity contribution >= 4 is 40.3 Å². The van der Waals surface area contributed by atoms with Gasteiger partial charge in [-0.1, -0.05) is 114 Å². The third-order valence-corrected chi connectivity index (χ3v) is 8.28. The van der Waals surface area contributed by atoms with E-state index >= 15 is 0 Å². The molecule has 0 bridgehead atoms. The van der Waals surface area contributed by atoms with E-state index < -0.39 is 0 Å². The summed E-state index contributed by atoms with van der Waals surface area (Å²) in [6.07, 6.45) is 2.60. The number of nitrogens with zero attached hydrogens (tertiary/aromatic N) is 1. The number of ether oxygens (including phenoxy) is 2. The lowest BCUT2D eigenvalue weighted by molar-refractivity contribution is -0.123. The van der Waals surface area contributed by atoms with Gasteiger partial charge in [0.25, 0.3) is 5.91 Å². The van der Waals surface area contributed by atoms with Crippen LogP contribution >= 0.6 is 24.0 Å². The SMILES string of the molecule is Cc1ccc(COc2ccc(OCc3ccc(C)cc3)c(/C=C3\SC(=S)N(C(C)Cc4ccccc4)C3=O)c2)cc1. The van der Waals surface area contributed by atoms with Crippen LogP contribution in [0, 0.1) is 13.8 Å². The fraction of sp³-hybridized carbons (Fsp3) is 0.200. The molecule has 0 aliphatic carbocycles. The smallest absolute Gasteiger partial charge is 0.266 e. The molecule has 1 saturated heterocycles. The fourth-order valence-corrected chi connectivity index (χ4v) is 6.06. The molecule has 1 atom stereocenters. The number of thioether (sulfide) groups is 1. The van der Waals surface area contributed by atoms with Gasteiger partial charge < -0.3 is 9.47 Å². The van der Waals surface area contributed by atoms with E-state index in [9.17, 15) is 4.79 Å². The molecule has 4 aromatic rings. The van der Waals surface area contributed by atoms with E-state index in [-0.39, 0.29) is 11.9 Å². The van der Waals surface area contributed by atoms with Gasteiger partial charge in [-0.2, -0.15) is 0 Å². The zero-order valence-electron chi connectivity index (χ0n) is 23.5. The molecule has 0 spiro atoms. The quantitative estimate of drug-likeness (QED) is 0.140. The second kappa shape index (κ2) is 13.2. The van der Waals surface area contributed by atoms with Crippen molar-refractivity contribution in [2.24, 2.45) is 0 Å². The number of hydrogen-bond donors (Lipinski definition) is 0. The van der Waals surface area contributed by atoms with Crippen LogP contribution in [0.1, 0.15) is 40.3 Å². The topological polar surface area (TPSA) is 38.8 Å². The first kappa shape index (κ1) is 28.7. The molecule has 41 heavy (non-hydrogen) atoms. The first-order chi connectivity index (χ1) is 19.9. The van der Waals surface area contributed by atoms with Crippen molar-refractivity contribution in [1.29, 1.82) is 0 Å². The molecule has 0 saturated carbocycles. The van der Waals surface area contributed by atoms with E-state index in [1.54, 1.807) is 4.90 Å². The molecule has 0 aromatic heterocycles. The highest BCUT2D eigenvalue weighted by Crippen LogP contribution is 2.37. The number of thiocarbonyl (C=S) groups is 1. The summed E-state index contributed by atoms with van der Waals surface area (Å²) in [6, 6.07) is 32.4. The maximum atomic E-state index is 13.6. The van der Waals surface area contributed by atoms with Gasteiger partial charge in [0.2, 0.25) is 0 Å². The summed E-state index contributed by atoms with van der Waals surface area (Å²) < 4.78 is 12.9. The van der Waals surface area contributed by atoms with E-state index in [1.165, 1.54) is 28.5 Å². The maximum Gasteiger partial charge on any atom is 0.266 e. The van der Waals surface area contributed by atoms with Crippen LogP contribution in [0.4, 0.5) is 0 Å². The molecule has 4 aromatic carbocycles. The van der Waals surface area contributed by atoms with Gasteiger partial charge in [0.05, 0.1) is 4.91 Å². The normalized spacial score (nSPS) is 14.9. The van der Waals surface area contributed by atoms with Crippen molar-refractivity contribution in [1.82, 2.24) is 4.90 Å². The molecule has 1 aliphatic rings. The third-order valence-electron chi connectivity index (χ3n) is 6.95. The Morgan fingerprint density at radius 3 is 2.05 bits per heavy atom. The van der Waals surface area contributed by atoms with Crippen molar-refractivity contribution in [3.8, 4) is 11.5 Å². The van der Waals surface area contributed by atoms with E-state index in [4.69, 9.17) is 21.7 Å². The van der Waals surface area contributed by atoms with Crippen LogP contribution in [0.5, 0.6) is 11.5 Å². The molecule has 0 radical (unpaired) electrons. The van der Waals surface area contributed by atoms with Crippen LogP contribution < -0.4 is 9.47 Å². The number of aryl methyl sites for hydroxylation is 2. The Morgan fingerprint density at radius 2 is 1.41 bits per heavy atom. The Balaban J connectivity index is 1.38. The highest BCUT2D eigenvalue weighted by atomic mass is 32.2. The van der Waals surface area contributed by atoms with E-state index in [0.717, 1.165) is 23.1 Å². The second-order valence-electron chi connectivity index (χ2n) is 10.3. The van der Waals surface area contributed by atoms with Crippen molar-refractivity contribution in [2.75, 3.05) is 0 Å². The standard InChI is InChI=1S/C35H33NO3S2/c1-24-9-13-28(14-10-24)22-38-31-17-18-32(39-23-29-15-11-25(2)12-16-29)30(20-31)21-33-34(37)36(35(40)41-33)26(3)19-27-7-5-4-6-8-27/h4-18,20-21,26H,19,22-23H2,1-3H3/b33-21-. The fourth-order valence-electron chi connectivity index (χ4n) is 4.60. The Labute approximate surface area is 252 Å². The minimum absolute atomic E-state index is 0.0581. The summed E-state index contributed by atoms with van der Waals surface area (Å²) in [7, 11) is 0. The van der Waals surface area contributed by atoms with Crippen LogP contribution in [-0.2, 0) is 24.4 Å². The molecule has 208 valence electrons. The number of carbonyl (C=O) groups excluding carboxylic acids is 1. The monoisotopic (exact) mass is 579 g/mol. The van der Waals surface area contributed by atoms with Gasteiger partial charge in [-0.15, -0.1) is 0 Å². The molecule has 1 fully saturated rings. The van der Waals surface area contributed by atoms with Crippen LogP contribution in [0.2, 0.25) is 0 Å². The van der Waals surface area contributed by atoms with Crippen LogP contribution in [-0.4, -0.2) is 21.2 Å². The Morgan fingerprint density at radius 1 is 0.805 bits per heavy atom. The summed E-state index contributed by atoms with van der Waals surface area (Å²) >= 11 is 6.99. The lowest BCUT2D eigenvalue weighted by Gasteiger charge is -2.23. The molecule has 0 N–H and O–H groups in total. The number of hydrogen-bond acceptors (Lipinski definition) is 5. The summed E-state index contributed by atoms with van der Waals surface area (Å²) in [5, 5.41) is 0. The Kier molecular flexibility index (Phi) is 9.22. The van der Waals surface area contributed by atoms with Crippen molar-refractivity contribution in [3.05, 3.63) is 135 Å². The summed E-state index contributed by atoms with van der Waals surface area (Å²) in [4.78, 5) is 15.9. The first-order valence-corrected chi connectivity index (χ1v) is 14.9. The third kappa shape index (κ3) is 7.46. The van der Waals surface area contributed by atoms with Gasteiger partial charge in [0.1, 0.15) is 29.0 Å². The molecule has 5 rings (SSSR count). The van der Waals surface area contributed by atoms with Crippen LogP contribution in [0.25, 0.3) is 6.08 Å². The van der Waals surface area contributed by atoms with Gasteiger partial charge in [-0.05, 0) is 68.2 Å². The number of benzene rings is 4. The molecule has 1 amide bonds. The van der Waals surface area contributed by atoms with Gasteiger partial charge in [-0.3, -0.25) is 9.69 Å². The van der Waals surface area contributed by atoms with E-state index in [2.05, 4.69) is 74.5 Å². The molecule has 1 unspecified atom stereocenters. The zero-order chi connectivity index (χ0) is 28.8. The molecular weight excluding hydrogens is 547 g/mol. The largest absolute Gasteiger partial charge is 0.489 e. The van der Waals surface area contributed by atoms with E-state index in [0.29, 0.717) is 33.9 Å². The van der Waals surface area contributed by atoms with E-state index in [1.807, 2.05) is 49.4 Å². The minimum Gasteiger partial charge on any atom is -0.489 e. The molecule has 1 aliphatic heterocycles. The average Bonchev–Trinajstić information content (AvgIpc) is 3.25. The first-order valence-electron chi connectivity index (χ1n) is 13.7. The summed E-state index contributed by atoms with van der Waals surface area (Å²) in [6.45, 7) is 7.03. The molecule has 1 heterocycles. The predicted molar refractivity (Wildman–Crippen MR) is 172 cm³/mol. The van der Waals surface area contributed by atoms with Gasteiger partial charge in [-0.25, -0.2) is 0 Å². The Bertz CT molecular complexity index is 1550. The maximum absolute atomic E-state index is 13.6. The van der Waals surface area contributed by atoms with Gasteiger partial charge in [0, 0.05) is 11.6 Å². The summed E-state index contributed by atoms with van der Waals surface area (Å²) in [5.41, 5.74) is 6.51. The van der Waals surface area contributed by atoms with Crippen molar-refractivity contribution in [3.63, 3.8) is 0 Å². The minimum atomic E-state index is -0.0844. The molecular formula is C35H33NO3S2. The highest BCUT2D eigenvalue weighted by Gasteiger charge is 2.35. The number of rotatable bonds is 10. The van der Waals surface area contributed by atoms with Crippen molar-refractivity contribution in [2.45, 2.75) is 46.4 Å². The van der Waals surface area contributed by atoms with Gasteiger partial charge >= 0.3 is 0 Å². The molecule has 4 nitrogen and oxygen atoms in total. The Hall–Kier alpha value is -3.87. The lowest BCUT2D eigenvalue weighted by atomic mass is 10.1. The van der Waals surface area contributed by atoms with Crippen LogP contribution in [0.15, 0.2) is 102 Å².